The van der Waals surface area contributed by atoms with E-state index in [1.54, 1.807) is 73.7 Å². The zero-order valence-corrected chi connectivity index (χ0v) is 24.6. The molecule has 0 spiro atoms. The number of aryl methyl sites for hydroxylation is 1. The molecule has 1 atom stereocenters. The van der Waals surface area contributed by atoms with Crippen molar-refractivity contribution in [1.29, 1.82) is 0 Å². The van der Waals surface area contributed by atoms with Gasteiger partial charge in [0.2, 0.25) is 0 Å². The van der Waals surface area contributed by atoms with Crippen LogP contribution < -0.4 is 4.74 Å². The zero-order valence-electron chi connectivity index (χ0n) is 24.6. The Bertz CT molecular complexity index is 1690. The Morgan fingerprint density at radius 1 is 0.698 bits per heavy atom. The highest BCUT2D eigenvalue weighted by atomic mass is 19.1. The van der Waals surface area contributed by atoms with Gasteiger partial charge in [-0.1, -0.05) is 117 Å². The number of halogens is 1. The Kier molecular flexibility index (Phi) is 9.58. The average Bonchev–Trinajstić information content (AvgIpc) is 3.05. The van der Waals surface area contributed by atoms with Crippen molar-refractivity contribution in [3.05, 3.63) is 149 Å². The highest BCUT2D eigenvalue weighted by molar-refractivity contribution is 6.09. The van der Waals surface area contributed by atoms with E-state index in [0.717, 1.165) is 17.5 Å². The van der Waals surface area contributed by atoms with E-state index in [0.29, 0.717) is 33.6 Å². The molecule has 3 nitrogen and oxygen atoms in total. The van der Waals surface area contributed by atoms with Crippen LogP contribution in [-0.2, 0) is 11.2 Å². The molecule has 5 rings (SSSR count). The van der Waals surface area contributed by atoms with Gasteiger partial charge < -0.3 is 4.74 Å². The summed E-state index contributed by atoms with van der Waals surface area (Å²) in [5.41, 5.74) is 6.08. The van der Waals surface area contributed by atoms with Gasteiger partial charge in [0.1, 0.15) is 11.6 Å². The fraction of sp³-hybridized carbons (Fsp3) is 0.179. The molecular weight excluding hydrogens is 535 g/mol. The fourth-order valence-corrected chi connectivity index (χ4v) is 5.12. The first-order chi connectivity index (χ1) is 20.9. The van der Waals surface area contributed by atoms with Crippen LogP contribution in [0.3, 0.4) is 0 Å². The molecule has 0 N–H and O–H groups in total. The van der Waals surface area contributed by atoms with Crippen LogP contribution in [0.2, 0.25) is 0 Å². The molecule has 0 aliphatic carbocycles. The van der Waals surface area contributed by atoms with Gasteiger partial charge in [-0.05, 0) is 71.8 Å². The number of esters is 1. The molecule has 0 saturated heterocycles. The highest BCUT2D eigenvalue weighted by Gasteiger charge is 2.20. The van der Waals surface area contributed by atoms with Gasteiger partial charge in [0.15, 0.2) is 5.78 Å². The van der Waals surface area contributed by atoms with E-state index < -0.39 is 11.9 Å². The Hall–Kier alpha value is -4.83. The maximum absolute atomic E-state index is 15.2. The summed E-state index contributed by atoms with van der Waals surface area (Å²) in [5, 5.41) is 0. The number of carbonyl (C=O) groups excluding carboxylic acids is 2. The van der Waals surface area contributed by atoms with Crippen LogP contribution in [0.25, 0.3) is 22.3 Å². The SMILES string of the molecule is CCCCCc1ccc(-c2ccc(-c3ccc(OC(=O)[C@@H](C)c4cccc(C(=O)c5ccccc5)c4)cc3)c(F)c2)cc1. The van der Waals surface area contributed by atoms with Gasteiger partial charge in [0, 0.05) is 16.7 Å². The molecule has 0 fully saturated rings. The van der Waals surface area contributed by atoms with Crippen molar-refractivity contribution in [2.24, 2.45) is 0 Å². The molecule has 0 aliphatic rings. The van der Waals surface area contributed by atoms with Crippen LogP contribution in [0.15, 0.2) is 121 Å². The maximum Gasteiger partial charge on any atom is 0.318 e. The second-order valence-electron chi connectivity index (χ2n) is 10.8. The topological polar surface area (TPSA) is 43.4 Å². The van der Waals surface area contributed by atoms with Crippen LogP contribution in [0.1, 0.15) is 66.1 Å². The van der Waals surface area contributed by atoms with Gasteiger partial charge in [0.05, 0.1) is 5.92 Å². The Balaban J connectivity index is 1.23. The minimum Gasteiger partial charge on any atom is -0.426 e. The van der Waals surface area contributed by atoms with Gasteiger partial charge in [-0.3, -0.25) is 9.59 Å². The summed E-state index contributed by atoms with van der Waals surface area (Å²) in [6.07, 6.45) is 4.67. The molecule has 0 unspecified atom stereocenters. The summed E-state index contributed by atoms with van der Waals surface area (Å²) in [7, 11) is 0. The summed E-state index contributed by atoms with van der Waals surface area (Å²) in [6.45, 7) is 3.95. The van der Waals surface area contributed by atoms with Crippen molar-refractivity contribution in [3.8, 4) is 28.0 Å². The molecule has 0 saturated carbocycles. The minimum atomic E-state index is -0.585. The molecule has 0 amide bonds. The summed E-state index contributed by atoms with van der Waals surface area (Å²) >= 11 is 0. The molecule has 0 aromatic heterocycles. The highest BCUT2D eigenvalue weighted by Crippen LogP contribution is 2.30. The first-order valence-electron chi connectivity index (χ1n) is 14.8. The minimum absolute atomic E-state index is 0.102. The standard InChI is InChI=1S/C39H35FO3/c1-3-4-6-10-28-15-17-29(18-16-28)33-21-24-36(37(40)26-33)30-19-22-35(23-20-30)43-39(42)27(2)32-13-9-14-34(25-32)38(41)31-11-7-5-8-12-31/h5,7-9,11-27H,3-4,6,10H2,1-2H3/t27-/m0/s1. The lowest BCUT2D eigenvalue weighted by Gasteiger charge is -2.13. The fourth-order valence-electron chi connectivity index (χ4n) is 5.12. The van der Waals surface area contributed by atoms with Crippen molar-refractivity contribution < 1.29 is 18.7 Å². The molecule has 5 aromatic rings. The molecular formula is C39H35FO3. The number of hydrogen-bond donors (Lipinski definition) is 0. The smallest absolute Gasteiger partial charge is 0.318 e. The third kappa shape index (κ3) is 7.34. The Morgan fingerprint density at radius 3 is 2.07 bits per heavy atom. The lowest BCUT2D eigenvalue weighted by molar-refractivity contribution is -0.135. The molecule has 216 valence electrons. The average molecular weight is 571 g/mol. The van der Waals surface area contributed by atoms with Crippen LogP contribution in [0.4, 0.5) is 4.39 Å². The summed E-state index contributed by atoms with van der Waals surface area (Å²) in [4.78, 5) is 25.8. The third-order valence-electron chi connectivity index (χ3n) is 7.75. The number of carbonyl (C=O) groups is 2. The van der Waals surface area contributed by atoms with Crippen LogP contribution in [0.5, 0.6) is 5.75 Å². The van der Waals surface area contributed by atoms with E-state index in [4.69, 9.17) is 4.74 Å². The van der Waals surface area contributed by atoms with Gasteiger partial charge in [-0.15, -0.1) is 0 Å². The maximum atomic E-state index is 15.2. The first-order valence-corrected chi connectivity index (χ1v) is 14.8. The van der Waals surface area contributed by atoms with Crippen LogP contribution in [-0.4, -0.2) is 11.8 Å². The number of rotatable bonds is 11. The normalized spacial score (nSPS) is 11.6. The van der Waals surface area contributed by atoms with E-state index in [9.17, 15) is 9.59 Å². The van der Waals surface area contributed by atoms with Gasteiger partial charge in [0.25, 0.3) is 0 Å². The van der Waals surface area contributed by atoms with Gasteiger partial charge >= 0.3 is 5.97 Å². The molecule has 43 heavy (non-hydrogen) atoms. The van der Waals surface area contributed by atoms with Crippen molar-refractivity contribution >= 4 is 11.8 Å². The molecule has 4 heteroatoms. The summed E-state index contributed by atoms with van der Waals surface area (Å²) in [5.74, 6) is -1.07. The van der Waals surface area contributed by atoms with E-state index in [-0.39, 0.29) is 11.6 Å². The molecule has 0 radical (unpaired) electrons. The predicted octanol–water partition coefficient (Wildman–Crippen LogP) is 9.83. The van der Waals surface area contributed by atoms with Crippen molar-refractivity contribution in [2.75, 3.05) is 0 Å². The second-order valence-corrected chi connectivity index (χ2v) is 10.8. The van der Waals surface area contributed by atoms with Gasteiger partial charge in [-0.2, -0.15) is 0 Å². The number of ether oxygens (including phenoxy) is 1. The second kappa shape index (κ2) is 13.9. The van der Waals surface area contributed by atoms with E-state index >= 15 is 4.39 Å². The molecule has 5 aromatic carbocycles. The van der Waals surface area contributed by atoms with Crippen molar-refractivity contribution in [3.63, 3.8) is 0 Å². The predicted molar refractivity (Wildman–Crippen MR) is 171 cm³/mol. The zero-order chi connectivity index (χ0) is 30.2. The number of unbranched alkanes of at least 4 members (excludes halogenated alkanes) is 2. The number of benzene rings is 5. The summed E-state index contributed by atoms with van der Waals surface area (Å²) in [6, 6.07) is 36.5. The van der Waals surface area contributed by atoms with Crippen molar-refractivity contribution in [2.45, 2.75) is 45.4 Å². The Morgan fingerprint density at radius 2 is 1.37 bits per heavy atom. The van der Waals surface area contributed by atoms with E-state index in [2.05, 4.69) is 31.2 Å². The van der Waals surface area contributed by atoms with E-state index in [1.807, 2.05) is 30.3 Å². The molecule has 0 heterocycles. The lowest BCUT2D eigenvalue weighted by atomic mass is 9.96. The largest absolute Gasteiger partial charge is 0.426 e. The van der Waals surface area contributed by atoms with Gasteiger partial charge in [-0.25, -0.2) is 4.39 Å². The summed E-state index contributed by atoms with van der Waals surface area (Å²) < 4.78 is 20.8. The number of hydrogen-bond acceptors (Lipinski definition) is 3. The first kappa shape index (κ1) is 29.7. The van der Waals surface area contributed by atoms with Crippen molar-refractivity contribution in [1.82, 2.24) is 0 Å². The molecule has 0 aliphatic heterocycles. The van der Waals surface area contributed by atoms with Crippen LogP contribution in [0, 0.1) is 5.82 Å². The van der Waals surface area contributed by atoms with E-state index in [1.165, 1.54) is 24.8 Å². The third-order valence-corrected chi connectivity index (χ3v) is 7.75. The molecule has 0 bridgehead atoms. The Labute approximate surface area is 253 Å². The number of ketones is 1. The lowest BCUT2D eigenvalue weighted by Crippen LogP contribution is -2.16. The monoisotopic (exact) mass is 570 g/mol. The van der Waals surface area contributed by atoms with Crippen LogP contribution >= 0.6 is 0 Å². The quantitative estimate of drug-likeness (QED) is 0.0687.